The normalized spacial score (nSPS) is 11.3. The molecule has 0 unspecified atom stereocenters. The van der Waals surface area contributed by atoms with Gasteiger partial charge in [-0.2, -0.15) is 0 Å². The van der Waals surface area contributed by atoms with E-state index in [-0.39, 0.29) is 29.7 Å². The lowest BCUT2D eigenvalue weighted by Gasteiger charge is -2.16. The van der Waals surface area contributed by atoms with Crippen molar-refractivity contribution in [2.75, 3.05) is 30.8 Å². The Morgan fingerprint density at radius 3 is 2.39 bits per heavy atom. The number of carbonyl (C=O) groups excluding carboxylic acids is 2. The highest BCUT2D eigenvalue weighted by molar-refractivity contribution is 7.89. The van der Waals surface area contributed by atoms with E-state index in [9.17, 15) is 18.0 Å². The third-order valence-corrected chi connectivity index (χ3v) is 4.71. The zero-order valence-corrected chi connectivity index (χ0v) is 16.5. The van der Waals surface area contributed by atoms with E-state index in [1.165, 1.54) is 24.3 Å². The highest BCUT2D eigenvalue weighted by Gasteiger charge is 2.11. The third kappa shape index (κ3) is 7.06. The number of primary sulfonamides is 1. The van der Waals surface area contributed by atoms with Gasteiger partial charge >= 0.3 is 0 Å². The first-order valence-corrected chi connectivity index (χ1v) is 10.0. The highest BCUT2D eigenvalue weighted by atomic mass is 32.2. The summed E-state index contributed by atoms with van der Waals surface area (Å²) in [4.78, 5) is 29.8. The predicted molar refractivity (Wildman–Crippen MR) is 106 cm³/mol. The van der Waals surface area contributed by atoms with Crippen LogP contribution in [0.25, 0.3) is 0 Å². The molecule has 0 saturated heterocycles. The molecule has 0 fully saturated rings. The minimum atomic E-state index is -3.77. The van der Waals surface area contributed by atoms with Crippen molar-refractivity contribution in [2.45, 2.75) is 18.2 Å². The zero-order valence-electron chi connectivity index (χ0n) is 15.7. The first-order chi connectivity index (χ1) is 13.1. The monoisotopic (exact) mass is 405 g/mol. The van der Waals surface area contributed by atoms with Crippen molar-refractivity contribution in [1.29, 1.82) is 0 Å². The van der Waals surface area contributed by atoms with Crippen LogP contribution < -0.4 is 15.8 Å². The van der Waals surface area contributed by atoms with Crippen molar-refractivity contribution < 1.29 is 18.0 Å². The second-order valence-electron chi connectivity index (χ2n) is 6.37. The maximum absolute atomic E-state index is 12.0. The topological polar surface area (TPSA) is 134 Å². The Kier molecular flexibility index (Phi) is 7.21. The van der Waals surface area contributed by atoms with Crippen LogP contribution in [0.2, 0.25) is 0 Å². The van der Waals surface area contributed by atoms with Gasteiger partial charge in [-0.1, -0.05) is 0 Å². The lowest BCUT2D eigenvalue weighted by molar-refractivity contribution is -0.119. The van der Waals surface area contributed by atoms with Gasteiger partial charge in [0.1, 0.15) is 5.82 Å². The quantitative estimate of drug-likeness (QED) is 0.598. The van der Waals surface area contributed by atoms with Crippen LogP contribution in [0.3, 0.4) is 0 Å². The summed E-state index contributed by atoms with van der Waals surface area (Å²) >= 11 is 0. The van der Waals surface area contributed by atoms with E-state index < -0.39 is 10.0 Å². The van der Waals surface area contributed by atoms with Crippen molar-refractivity contribution in [2.24, 2.45) is 5.14 Å². The van der Waals surface area contributed by atoms with Gasteiger partial charge in [-0.05, 0) is 55.9 Å². The van der Waals surface area contributed by atoms with Gasteiger partial charge in [-0.15, -0.1) is 0 Å². The average molecular weight is 405 g/mol. The van der Waals surface area contributed by atoms with E-state index in [2.05, 4.69) is 15.6 Å². The van der Waals surface area contributed by atoms with Crippen LogP contribution in [0.4, 0.5) is 11.5 Å². The molecule has 1 heterocycles. The third-order valence-electron chi connectivity index (χ3n) is 3.78. The van der Waals surface area contributed by atoms with Gasteiger partial charge in [0.25, 0.3) is 0 Å². The number of pyridine rings is 1. The Labute approximate surface area is 164 Å². The van der Waals surface area contributed by atoms with Gasteiger partial charge in [-0.25, -0.2) is 18.5 Å². The Bertz CT molecular complexity index is 945. The molecule has 0 radical (unpaired) electrons. The van der Waals surface area contributed by atoms with E-state index >= 15 is 0 Å². The van der Waals surface area contributed by atoms with Crippen LogP contribution in [0.1, 0.15) is 12.0 Å². The summed E-state index contributed by atoms with van der Waals surface area (Å²) in [6.07, 6.45) is 1.79. The molecule has 10 heteroatoms. The van der Waals surface area contributed by atoms with Crippen LogP contribution in [0, 0.1) is 6.92 Å². The summed E-state index contributed by atoms with van der Waals surface area (Å²) in [5, 5.41) is 10.4. The van der Waals surface area contributed by atoms with Gasteiger partial charge in [0, 0.05) is 24.8 Å². The molecule has 2 rings (SSSR count). The summed E-state index contributed by atoms with van der Waals surface area (Å²) in [6.45, 7) is 2.40. The minimum Gasteiger partial charge on any atom is -0.326 e. The highest BCUT2D eigenvalue weighted by Crippen LogP contribution is 2.13. The molecule has 0 aliphatic rings. The Balaban J connectivity index is 1.76. The lowest BCUT2D eigenvalue weighted by atomic mass is 10.3. The predicted octanol–water partition coefficient (Wildman–Crippen LogP) is 0.937. The second-order valence-corrected chi connectivity index (χ2v) is 7.93. The molecule has 0 atom stereocenters. The summed E-state index contributed by atoms with van der Waals surface area (Å²) in [6, 6.07) is 9.17. The molecule has 150 valence electrons. The number of nitrogens with two attached hydrogens (primary N) is 1. The summed E-state index contributed by atoms with van der Waals surface area (Å²) in [5.74, 6) is 0.00892. The van der Waals surface area contributed by atoms with Gasteiger partial charge < -0.3 is 10.6 Å². The molecular weight excluding hydrogens is 382 g/mol. The van der Waals surface area contributed by atoms with Crippen LogP contribution in [0.5, 0.6) is 0 Å². The number of amides is 2. The number of aromatic nitrogens is 1. The number of aryl methyl sites for hydroxylation is 1. The molecule has 28 heavy (non-hydrogen) atoms. The average Bonchev–Trinajstić information content (AvgIpc) is 2.59. The number of sulfonamides is 1. The van der Waals surface area contributed by atoms with Crippen molar-refractivity contribution >= 4 is 33.3 Å². The molecule has 0 spiro atoms. The number of carbonyl (C=O) groups is 2. The number of anilines is 2. The number of nitrogens with zero attached hydrogens (tertiary/aromatic N) is 2. The van der Waals surface area contributed by atoms with E-state index in [0.717, 1.165) is 5.56 Å². The molecule has 2 amide bonds. The van der Waals surface area contributed by atoms with Crippen LogP contribution >= 0.6 is 0 Å². The minimum absolute atomic E-state index is 0.0284. The first-order valence-electron chi connectivity index (χ1n) is 8.47. The standard InChI is InChI=1S/C18H23N5O4S/c1-13-7-9-20-16(11-13)22-18(25)12-23(2)10-8-17(24)21-14-3-5-15(6-4-14)28(19,26)27/h3-7,9,11H,8,10,12H2,1-2H3,(H,21,24)(H2,19,26,27)(H,20,22,25). The zero-order chi connectivity index (χ0) is 20.7. The van der Waals surface area contributed by atoms with Crippen LogP contribution in [-0.2, 0) is 19.6 Å². The smallest absolute Gasteiger partial charge is 0.239 e. The van der Waals surface area contributed by atoms with E-state index in [1.54, 1.807) is 24.2 Å². The van der Waals surface area contributed by atoms with Crippen LogP contribution in [0.15, 0.2) is 47.5 Å². The summed E-state index contributed by atoms with van der Waals surface area (Å²) in [7, 11) is -2.03. The molecule has 1 aromatic carbocycles. The fourth-order valence-corrected chi connectivity index (χ4v) is 2.87. The molecular formula is C18H23N5O4S. The lowest BCUT2D eigenvalue weighted by Crippen LogP contribution is -2.32. The molecule has 2 aromatic rings. The number of benzene rings is 1. The molecule has 0 aliphatic carbocycles. The number of rotatable bonds is 8. The largest absolute Gasteiger partial charge is 0.326 e. The number of likely N-dealkylation sites (N-methyl/N-ethyl adjacent to an activating group) is 1. The van der Waals surface area contributed by atoms with Crippen molar-refractivity contribution in [3.8, 4) is 0 Å². The van der Waals surface area contributed by atoms with Crippen LogP contribution in [-0.4, -0.2) is 50.3 Å². The molecule has 0 aliphatic heterocycles. The SMILES string of the molecule is Cc1ccnc(NC(=O)CN(C)CCC(=O)Nc2ccc(S(N)(=O)=O)cc2)c1. The van der Waals surface area contributed by atoms with E-state index in [0.29, 0.717) is 18.1 Å². The maximum Gasteiger partial charge on any atom is 0.239 e. The van der Waals surface area contributed by atoms with Gasteiger partial charge in [-0.3, -0.25) is 14.5 Å². The van der Waals surface area contributed by atoms with Crippen molar-refractivity contribution in [3.63, 3.8) is 0 Å². The van der Waals surface area contributed by atoms with Crippen molar-refractivity contribution in [1.82, 2.24) is 9.88 Å². The van der Waals surface area contributed by atoms with E-state index in [1.807, 2.05) is 13.0 Å². The first kappa shape index (κ1) is 21.5. The van der Waals surface area contributed by atoms with Crippen molar-refractivity contribution in [3.05, 3.63) is 48.2 Å². The molecule has 4 N–H and O–H groups in total. The Hall–Kier alpha value is -2.82. The summed E-state index contributed by atoms with van der Waals surface area (Å²) < 4.78 is 22.4. The number of nitrogens with one attached hydrogen (secondary N) is 2. The number of hydrogen-bond acceptors (Lipinski definition) is 6. The maximum atomic E-state index is 12.0. The number of hydrogen-bond donors (Lipinski definition) is 3. The Morgan fingerprint density at radius 1 is 1.11 bits per heavy atom. The second kappa shape index (κ2) is 9.40. The van der Waals surface area contributed by atoms with Gasteiger partial charge in [0.05, 0.1) is 11.4 Å². The van der Waals surface area contributed by atoms with Gasteiger partial charge in [0.2, 0.25) is 21.8 Å². The molecule has 0 saturated carbocycles. The molecule has 0 bridgehead atoms. The summed E-state index contributed by atoms with van der Waals surface area (Å²) in [5.41, 5.74) is 1.45. The Morgan fingerprint density at radius 2 is 1.79 bits per heavy atom. The van der Waals surface area contributed by atoms with E-state index in [4.69, 9.17) is 5.14 Å². The fraction of sp³-hybridized carbons (Fsp3) is 0.278. The molecule has 9 nitrogen and oxygen atoms in total. The molecule has 1 aromatic heterocycles. The fourth-order valence-electron chi connectivity index (χ4n) is 2.35. The van der Waals surface area contributed by atoms with Gasteiger partial charge in [0.15, 0.2) is 0 Å².